The molecule has 15 heavy (non-hydrogen) atoms. The van der Waals surface area contributed by atoms with Gasteiger partial charge in [0.15, 0.2) is 0 Å². The van der Waals surface area contributed by atoms with Crippen molar-refractivity contribution in [2.45, 2.75) is 6.92 Å². The van der Waals surface area contributed by atoms with Gasteiger partial charge in [-0.25, -0.2) is 13.1 Å². The highest BCUT2D eigenvalue weighted by Crippen LogP contribution is 2.04. The Balaban J connectivity index is 2.48. The van der Waals surface area contributed by atoms with E-state index in [-0.39, 0.29) is 0 Å². The van der Waals surface area contributed by atoms with Crippen molar-refractivity contribution in [3.8, 4) is 0 Å². The molecule has 0 aromatic heterocycles. The van der Waals surface area contributed by atoms with E-state index in [1.165, 1.54) is 5.56 Å². The summed E-state index contributed by atoms with van der Waals surface area (Å²) >= 11 is 0. The smallest absolute Gasteiger partial charge is 0.208 e. The first-order valence-corrected chi connectivity index (χ1v) is 6.54. The number of benzene rings is 1. The second-order valence-electron chi connectivity index (χ2n) is 3.43. The topological polar surface area (TPSA) is 46.2 Å². The monoisotopic (exact) mass is 225 g/mol. The zero-order chi connectivity index (χ0) is 11.3. The third-order valence-corrected chi connectivity index (χ3v) is 2.54. The van der Waals surface area contributed by atoms with Crippen LogP contribution >= 0.6 is 0 Å². The molecular formula is C11H15NO2S. The molecule has 0 heterocycles. The second kappa shape index (κ2) is 5.09. The molecule has 0 saturated carbocycles. The number of hydrogen-bond donors (Lipinski definition) is 1. The molecule has 0 saturated heterocycles. The summed E-state index contributed by atoms with van der Waals surface area (Å²) in [6.07, 6.45) is 4.82. The molecule has 0 radical (unpaired) electrons. The molecule has 1 aromatic rings. The zero-order valence-corrected chi connectivity index (χ0v) is 9.71. The van der Waals surface area contributed by atoms with Crippen LogP contribution in [-0.4, -0.2) is 21.2 Å². The highest BCUT2D eigenvalue weighted by molar-refractivity contribution is 7.88. The number of rotatable bonds is 4. The summed E-state index contributed by atoms with van der Waals surface area (Å²) in [4.78, 5) is 0. The minimum absolute atomic E-state index is 0.326. The summed E-state index contributed by atoms with van der Waals surface area (Å²) in [7, 11) is -3.09. The van der Waals surface area contributed by atoms with E-state index >= 15 is 0 Å². The standard InChI is InChI=1S/C11H15NO2S/c1-10-5-7-11(8-6-10)4-3-9-12-15(2,13)14/h3-8,12H,9H2,1-2H3/b4-3+. The molecule has 3 nitrogen and oxygen atoms in total. The summed E-state index contributed by atoms with van der Waals surface area (Å²) in [5.41, 5.74) is 2.28. The van der Waals surface area contributed by atoms with E-state index in [4.69, 9.17) is 0 Å². The lowest BCUT2D eigenvalue weighted by molar-refractivity contribution is 0.592. The van der Waals surface area contributed by atoms with Gasteiger partial charge < -0.3 is 0 Å². The molecule has 1 aromatic carbocycles. The molecule has 0 bridgehead atoms. The molecule has 0 aliphatic heterocycles. The zero-order valence-electron chi connectivity index (χ0n) is 8.90. The first kappa shape index (κ1) is 11.9. The Morgan fingerprint density at radius 2 is 1.87 bits per heavy atom. The fraction of sp³-hybridized carbons (Fsp3) is 0.273. The van der Waals surface area contributed by atoms with Crippen LogP contribution in [-0.2, 0) is 10.0 Å². The summed E-state index contributed by atoms with van der Waals surface area (Å²) < 4.78 is 23.9. The lowest BCUT2D eigenvalue weighted by Crippen LogP contribution is -2.21. The van der Waals surface area contributed by atoms with E-state index in [0.717, 1.165) is 11.8 Å². The Hall–Kier alpha value is -1.13. The van der Waals surface area contributed by atoms with Gasteiger partial charge in [-0.2, -0.15) is 0 Å². The maximum absolute atomic E-state index is 10.7. The minimum atomic E-state index is -3.09. The third kappa shape index (κ3) is 5.34. The summed E-state index contributed by atoms with van der Waals surface area (Å²) in [5.74, 6) is 0. The molecule has 0 amide bonds. The summed E-state index contributed by atoms with van der Waals surface area (Å²) in [6.45, 7) is 2.35. The molecule has 4 heteroatoms. The normalized spacial score (nSPS) is 12.1. The average Bonchev–Trinajstić information content (AvgIpc) is 2.14. The van der Waals surface area contributed by atoms with Crippen LogP contribution in [0.5, 0.6) is 0 Å². The Morgan fingerprint density at radius 1 is 1.27 bits per heavy atom. The van der Waals surface area contributed by atoms with Crippen molar-refractivity contribution in [3.63, 3.8) is 0 Å². The van der Waals surface area contributed by atoms with Gasteiger partial charge in [0.05, 0.1) is 6.26 Å². The Bertz CT molecular complexity index is 432. The minimum Gasteiger partial charge on any atom is -0.213 e. The van der Waals surface area contributed by atoms with E-state index in [1.54, 1.807) is 6.08 Å². The number of hydrogen-bond acceptors (Lipinski definition) is 2. The lowest BCUT2D eigenvalue weighted by atomic mass is 10.1. The van der Waals surface area contributed by atoms with Gasteiger partial charge in [0, 0.05) is 6.54 Å². The third-order valence-electron chi connectivity index (χ3n) is 1.85. The molecule has 82 valence electrons. The molecule has 1 rings (SSSR count). The Morgan fingerprint density at radius 3 is 2.40 bits per heavy atom. The quantitative estimate of drug-likeness (QED) is 0.845. The van der Waals surface area contributed by atoms with Crippen LogP contribution in [0.4, 0.5) is 0 Å². The maximum Gasteiger partial charge on any atom is 0.208 e. The fourth-order valence-electron chi connectivity index (χ4n) is 1.07. The van der Waals surface area contributed by atoms with E-state index in [0.29, 0.717) is 6.54 Å². The largest absolute Gasteiger partial charge is 0.213 e. The van der Waals surface area contributed by atoms with Gasteiger partial charge in [-0.1, -0.05) is 42.0 Å². The second-order valence-corrected chi connectivity index (χ2v) is 5.27. The van der Waals surface area contributed by atoms with Crippen LogP contribution in [0.3, 0.4) is 0 Å². The first-order chi connectivity index (χ1) is 6.97. The number of aryl methyl sites for hydroxylation is 1. The van der Waals surface area contributed by atoms with Gasteiger partial charge in [-0.3, -0.25) is 0 Å². The number of sulfonamides is 1. The molecule has 0 atom stereocenters. The van der Waals surface area contributed by atoms with Gasteiger partial charge in [0.1, 0.15) is 0 Å². The molecule has 0 fully saturated rings. The molecule has 0 aliphatic carbocycles. The van der Waals surface area contributed by atoms with Gasteiger partial charge >= 0.3 is 0 Å². The molecular weight excluding hydrogens is 210 g/mol. The maximum atomic E-state index is 10.7. The van der Waals surface area contributed by atoms with Gasteiger partial charge in [-0.15, -0.1) is 0 Å². The molecule has 0 unspecified atom stereocenters. The van der Waals surface area contributed by atoms with E-state index in [1.807, 2.05) is 37.3 Å². The lowest BCUT2D eigenvalue weighted by Gasteiger charge is -1.97. The molecule has 0 spiro atoms. The van der Waals surface area contributed by atoms with Crippen LogP contribution in [0.25, 0.3) is 6.08 Å². The van der Waals surface area contributed by atoms with Crippen LogP contribution in [0.15, 0.2) is 30.3 Å². The van der Waals surface area contributed by atoms with Crippen molar-refractivity contribution in [2.75, 3.05) is 12.8 Å². The van der Waals surface area contributed by atoms with Gasteiger partial charge in [-0.05, 0) is 12.5 Å². The summed E-state index contributed by atoms with van der Waals surface area (Å²) in [5, 5.41) is 0. The average molecular weight is 225 g/mol. The van der Waals surface area contributed by atoms with Crippen LogP contribution < -0.4 is 4.72 Å². The highest BCUT2D eigenvalue weighted by Gasteiger charge is 1.95. The van der Waals surface area contributed by atoms with E-state index in [2.05, 4.69) is 4.72 Å². The molecule has 0 aliphatic rings. The van der Waals surface area contributed by atoms with Gasteiger partial charge in [0.25, 0.3) is 0 Å². The molecule has 1 N–H and O–H groups in total. The van der Waals surface area contributed by atoms with E-state index < -0.39 is 10.0 Å². The van der Waals surface area contributed by atoms with E-state index in [9.17, 15) is 8.42 Å². The predicted molar refractivity (Wildman–Crippen MR) is 63.1 cm³/mol. The highest BCUT2D eigenvalue weighted by atomic mass is 32.2. The first-order valence-electron chi connectivity index (χ1n) is 4.65. The van der Waals surface area contributed by atoms with Crippen molar-refractivity contribution in [2.24, 2.45) is 0 Å². The van der Waals surface area contributed by atoms with Crippen molar-refractivity contribution >= 4 is 16.1 Å². The Kier molecular flexibility index (Phi) is 4.05. The SMILES string of the molecule is Cc1ccc(/C=C/CNS(C)(=O)=O)cc1. The number of nitrogens with one attached hydrogen (secondary N) is 1. The van der Waals surface area contributed by atoms with Crippen LogP contribution in [0.2, 0.25) is 0 Å². The Labute approximate surface area is 90.9 Å². The van der Waals surface area contributed by atoms with Gasteiger partial charge in [0.2, 0.25) is 10.0 Å². The van der Waals surface area contributed by atoms with Crippen molar-refractivity contribution < 1.29 is 8.42 Å². The van der Waals surface area contributed by atoms with Crippen molar-refractivity contribution in [1.82, 2.24) is 4.72 Å². The summed E-state index contributed by atoms with van der Waals surface area (Å²) in [6, 6.07) is 8.02. The van der Waals surface area contributed by atoms with Crippen molar-refractivity contribution in [1.29, 1.82) is 0 Å². The fourth-order valence-corrected chi connectivity index (χ4v) is 1.47. The van der Waals surface area contributed by atoms with Crippen LogP contribution in [0, 0.1) is 6.92 Å². The van der Waals surface area contributed by atoms with Crippen LogP contribution in [0.1, 0.15) is 11.1 Å². The predicted octanol–water partition coefficient (Wildman–Crippen LogP) is 1.56. The van der Waals surface area contributed by atoms with Crippen molar-refractivity contribution in [3.05, 3.63) is 41.5 Å².